The second-order valence-corrected chi connectivity index (χ2v) is 4.57. The zero-order valence-electron chi connectivity index (χ0n) is 10.8. The van der Waals surface area contributed by atoms with E-state index in [1.807, 2.05) is 0 Å². The van der Waals surface area contributed by atoms with Crippen LogP contribution < -0.4 is 5.73 Å². The molecule has 0 heterocycles. The van der Waals surface area contributed by atoms with Gasteiger partial charge >= 0.3 is 0 Å². The SMILES string of the molecule is N#Cc1cccc(C(c2cccc(F)c2)C(O)CN)c1. The Balaban J connectivity index is 2.50. The molecule has 0 bridgehead atoms. The van der Waals surface area contributed by atoms with Crippen LogP contribution in [0, 0.1) is 17.1 Å². The summed E-state index contributed by atoms with van der Waals surface area (Å²) in [6, 6.07) is 15.0. The van der Waals surface area contributed by atoms with Crippen molar-refractivity contribution in [1.82, 2.24) is 0 Å². The van der Waals surface area contributed by atoms with E-state index in [0.29, 0.717) is 11.1 Å². The van der Waals surface area contributed by atoms with Crippen LogP contribution in [0.3, 0.4) is 0 Å². The van der Waals surface area contributed by atoms with Gasteiger partial charge in [0, 0.05) is 12.5 Å². The van der Waals surface area contributed by atoms with Crippen LogP contribution in [0.1, 0.15) is 22.6 Å². The van der Waals surface area contributed by atoms with E-state index in [-0.39, 0.29) is 12.4 Å². The molecule has 0 radical (unpaired) electrons. The van der Waals surface area contributed by atoms with Crippen molar-refractivity contribution in [2.75, 3.05) is 6.54 Å². The molecule has 0 aromatic heterocycles. The Hall–Kier alpha value is -2.22. The highest BCUT2D eigenvalue weighted by molar-refractivity contribution is 5.40. The summed E-state index contributed by atoms with van der Waals surface area (Å²) in [5.41, 5.74) is 7.42. The normalized spacial score (nSPS) is 13.5. The lowest BCUT2D eigenvalue weighted by molar-refractivity contribution is 0.164. The third-order valence-corrected chi connectivity index (χ3v) is 3.21. The van der Waals surface area contributed by atoms with E-state index in [1.54, 1.807) is 36.4 Å². The van der Waals surface area contributed by atoms with E-state index in [4.69, 9.17) is 11.0 Å². The largest absolute Gasteiger partial charge is 0.391 e. The summed E-state index contributed by atoms with van der Waals surface area (Å²) in [6.45, 7) is 0.0535. The van der Waals surface area contributed by atoms with E-state index >= 15 is 0 Å². The van der Waals surface area contributed by atoms with Gasteiger partial charge in [-0.25, -0.2) is 4.39 Å². The molecule has 2 rings (SSSR count). The topological polar surface area (TPSA) is 70.0 Å². The quantitative estimate of drug-likeness (QED) is 0.894. The van der Waals surface area contributed by atoms with Crippen molar-refractivity contribution in [3.05, 3.63) is 71.0 Å². The van der Waals surface area contributed by atoms with Crippen molar-refractivity contribution in [2.45, 2.75) is 12.0 Å². The van der Waals surface area contributed by atoms with Crippen LogP contribution in [0.5, 0.6) is 0 Å². The van der Waals surface area contributed by atoms with Crippen molar-refractivity contribution < 1.29 is 9.50 Å². The molecular weight excluding hydrogens is 255 g/mol. The highest BCUT2D eigenvalue weighted by atomic mass is 19.1. The predicted molar refractivity (Wildman–Crippen MR) is 74.5 cm³/mol. The molecule has 0 aliphatic heterocycles. The summed E-state index contributed by atoms with van der Waals surface area (Å²) >= 11 is 0. The molecule has 0 spiro atoms. The summed E-state index contributed by atoms with van der Waals surface area (Å²) < 4.78 is 13.4. The average molecular weight is 270 g/mol. The van der Waals surface area contributed by atoms with Gasteiger partial charge in [-0.1, -0.05) is 24.3 Å². The fourth-order valence-electron chi connectivity index (χ4n) is 2.27. The Morgan fingerprint density at radius 2 is 1.80 bits per heavy atom. The number of nitrogens with zero attached hydrogens (tertiary/aromatic N) is 1. The highest BCUT2D eigenvalue weighted by Crippen LogP contribution is 2.29. The van der Waals surface area contributed by atoms with Crippen molar-refractivity contribution >= 4 is 0 Å². The summed E-state index contributed by atoms with van der Waals surface area (Å²) in [4.78, 5) is 0. The van der Waals surface area contributed by atoms with Crippen LogP contribution >= 0.6 is 0 Å². The fourth-order valence-corrected chi connectivity index (χ4v) is 2.27. The van der Waals surface area contributed by atoms with E-state index in [2.05, 4.69) is 6.07 Å². The van der Waals surface area contributed by atoms with E-state index < -0.39 is 12.0 Å². The Morgan fingerprint density at radius 3 is 2.40 bits per heavy atom. The van der Waals surface area contributed by atoms with Gasteiger partial charge in [0.2, 0.25) is 0 Å². The number of nitrogens with two attached hydrogens (primary N) is 1. The third kappa shape index (κ3) is 3.02. The van der Waals surface area contributed by atoms with Crippen LogP contribution in [0.15, 0.2) is 48.5 Å². The van der Waals surface area contributed by atoms with Crippen molar-refractivity contribution in [3.8, 4) is 6.07 Å². The monoisotopic (exact) mass is 270 g/mol. The highest BCUT2D eigenvalue weighted by Gasteiger charge is 2.22. The predicted octanol–water partition coefficient (Wildman–Crippen LogP) is 2.15. The van der Waals surface area contributed by atoms with Gasteiger partial charge in [0.15, 0.2) is 0 Å². The van der Waals surface area contributed by atoms with Gasteiger partial charge in [0.1, 0.15) is 5.82 Å². The standard InChI is InChI=1S/C16H15FN2O/c17-14-6-2-5-13(8-14)16(15(20)10-19)12-4-1-3-11(7-12)9-18/h1-8,15-16,20H,10,19H2. The number of benzene rings is 2. The van der Waals surface area contributed by atoms with Gasteiger partial charge in [0.25, 0.3) is 0 Å². The molecule has 0 saturated heterocycles. The maximum Gasteiger partial charge on any atom is 0.123 e. The van der Waals surface area contributed by atoms with Gasteiger partial charge in [-0.3, -0.25) is 0 Å². The molecule has 4 heteroatoms. The molecule has 20 heavy (non-hydrogen) atoms. The van der Waals surface area contributed by atoms with Gasteiger partial charge in [-0.15, -0.1) is 0 Å². The van der Waals surface area contributed by atoms with Crippen LogP contribution in [-0.4, -0.2) is 17.8 Å². The summed E-state index contributed by atoms with van der Waals surface area (Å²) in [5.74, 6) is -0.822. The first-order valence-electron chi connectivity index (χ1n) is 6.29. The van der Waals surface area contributed by atoms with Crippen LogP contribution in [-0.2, 0) is 0 Å². The first kappa shape index (κ1) is 14.2. The van der Waals surface area contributed by atoms with Gasteiger partial charge in [-0.05, 0) is 35.4 Å². The number of aliphatic hydroxyl groups is 1. The first-order chi connectivity index (χ1) is 9.65. The molecule has 0 aliphatic rings. The van der Waals surface area contributed by atoms with Crippen molar-refractivity contribution in [3.63, 3.8) is 0 Å². The number of hydrogen-bond donors (Lipinski definition) is 2. The molecular formula is C16H15FN2O. The lowest BCUT2D eigenvalue weighted by Crippen LogP contribution is -2.28. The Kier molecular flexibility index (Phi) is 4.46. The Bertz CT molecular complexity index is 636. The third-order valence-electron chi connectivity index (χ3n) is 3.21. The van der Waals surface area contributed by atoms with Gasteiger partial charge in [0.05, 0.1) is 17.7 Å². The Morgan fingerprint density at radius 1 is 1.15 bits per heavy atom. The molecule has 102 valence electrons. The molecule has 0 saturated carbocycles. The zero-order valence-corrected chi connectivity index (χ0v) is 10.8. The number of halogens is 1. The fraction of sp³-hybridized carbons (Fsp3) is 0.188. The summed E-state index contributed by atoms with van der Waals surface area (Å²) in [7, 11) is 0. The maximum atomic E-state index is 13.4. The molecule has 3 N–H and O–H groups in total. The average Bonchev–Trinajstić information content (AvgIpc) is 2.47. The zero-order chi connectivity index (χ0) is 14.5. The van der Waals surface area contributed by atoms with E-state index in [1.165, 1.54) is 12.1 Å². The van der Waals surface area contributed by atoms with E-state index in [9.17, 15) is 9.50 Å². The number of rotatable bonds is 4. The molecule has 0 fully saturated rings. The summed E-state index contributed by atoms with van der Waals surface area (Å²) in [5, 5.41) is 19.1. The smallest absolute Gasteiger partial charge is 0.123 e. The Labute approximate surface area is 117 Å². The second-order valence-electron chi connectivity index (χ2n) is 4.57. The first-order valence-corrected chi connectivity index (χ1v) is 6.29. The van der Waals surface area contributed by atoms with Crippen molar-refractivity contribution in [2.24, 2.45) is 5.73 Å². The number of nitriles is 1. The van der Waals surface area contributed by atoms with Crippen LogP contribution in [0.25, 0.3) is 0 Å². The molecule has 0 aliphatic carbocycles. The van der Waals surface area contributed by atoms with E-state index in [0.717, 1.165) is 5.56 Å². The maximum absolute atomic E-state index is 13.4. The number of hydrogen-bond acceptors (Lipinski definition) is 3. The molecule has 3 nitrogen and oxygen atoms in total. The number of aliphatic hydroxyl groups excluding tert-OH is 1. The van der Waals surface area contributed by atoms with Gasteiger partial charge < -0.3 is 10.8 Å². The minimum atomic E-state index is -0.842. The minimum Gasteiger partial charge on any atom is -0.391 e. The molecule has 2 aromatic carbocycles. The molecule has 0 amide bonds. The van der Waals surface area contributed by atoms with Crippen molar-refractivity contribution in [1.29, 1.82) is 5.26 Å². The van der Waals surface area contributed by atoms with Crippen LogP contribution in [0.2, 0.25) is 0 Å². The summed E-state index contributed by atoms with van der Waals surface area (Å²) in [6.07, 6.45) is -0.842. The van der Waals surface area contributed by atoms with Gasteiger partial charge in [-0.2, -0.15) is 5.26 Å². The lowest BCUT2D eigenvalue weighted by Gasteiger charge is -2.23. The lowest BCUT2D eigenvalue weighted by atomic mass is 9.86. The molecule has 2 unspecified atom stereocenters. The molecule has 2 aromatic rings. The second kappa shape index (κ2) is 6.29. The van der Waals surface area contributed by atoms with Crippen LogP contribution in [0.4, 0.5) is 4.39 Å². The minimum absolute atomic E-state index is 0.0535. The molecule has 2 atom stereocenters.